The van der Waals surface area contributed by atoms with E-state index in [1.165, 1.54) is 11.1 Å². The number of benzene rings is 1. The van der Waals surface area contributed by atoms with E-state index >= 15 is 0 Å². The van der Waals surface area contributed by atoms with Gasteiger partial charge in [0, 0.05) is 29.4 Å². The van der Waals surface area contributed by atoms with E-state index in [0.29, 0.717) is 6.54 Å². The number of guanidine groups is 1. The number of halogens is 2. The molecule has 0 fully saturated rings. The molecule has 132 valence electrons. The lowest BCUT2D eigenvalue weighted by atomic mass is 10.1. The van der Waals surface area contributed by atoms with Gasteiger partial charge in [0.15, 0.2) is 5.96 Å². The summed E-state index contributed by atoms with van der Waals surface area (Å²) in [5.41, 5.74) is 3.62. The van der Waals surface area contributed by atoms with Crippen molar-refractivity contribution in [2.45, 2.75) is 33.7 Å². The first-order valence-electron chi connectivity index (χ1n) is 7.76. The van der Waals surface area contributed by atoms with Crippen molar-refractivity contribution in [1.82, 2.24) is 15.6 Å². The molecule has 0 bridgehead atoms. The van der Waals surface area contributed by atoms with Crippen LogP contribution in [0, 0.1) is 13.8 Å². The molecule has 0 saturated carbocycles. The summed E-state index contributed by atoms with van der Waals surface area (Å²) in [5.74, 6) is 0.849. The van der Waals surface area contributed by atoms with E-state index in [2.05, 4.69) is 74.0 Å². The van der Waals surface area contributed by atoms with Crippen molar-refractivity contribution in [3.8, 4) is 0 Å². The zero-order chi connectivity index (χ0) is 16.7. The van der Waals surface area contributed by atoms with Gasteiger partial charge in [0.2, 0.25) is 0 Å². The van der Waals surface area contributed by atoms with Crippen LogP contribution < -0.4 is 10.6 Å². The first-order chi connectivity index (χ1) is 11.1. The maximum absolute atomic E-state index is 4.67. The topological polar surface area (TPSA) is 49.3 Å². The zero-order valence-electron chi connectivity index (χ0n) is 14.2. The number of nitrogens with zero attached hydrogens (tertiary/aromatic N) is 2. The Bertz CT molecular complexity index is 672. The average molecular weight is 523 g/mol. The number of thiazole rings is 1. The average Bonchev–Trinajstić information content (AvgIpc) is 2.91. The number of aliphatic imine (C=N–C) groups is 1. The maximum atomic E-state index is 4.67. The Morgan fingerprint density at radius 2 is 2.08 bits per heavy atom. The standard InChI is InChI=1S/C17H23BrN4S.HI/c1-4-19-17(20-8-7-16-11-23-13(3)22-16)21-10-14-5-6-15(18)9-12(14)2;/h5-6,9,11H,4,7-8,10H2,1-3H3,(H2,19,20,21);1H. The number of rotatable bonds is 6. The fraction of sp³-hybridized carbons (Fsp3) is 0.412. The third-order valence-electron chi connectivity index (χ3n) is 3.40. The van der Waals surface area contributed by atoms with Crippen LogP contribution in [-0.2, 0) is 13.0 Å². The van der Waals surface area contributed by atoms with Gasteiger partial charge in [0.1, 0.15) is 0 Å². The van der Waals surface area contributed by atoms with Crippen LogP contribution in [0.25, 0.3) is 0 Å². The second kappa shape index (κ2) is 11.0. The zero-order valence-corrected chi connectivity index (χ0v) is 19.0. The number of hydrogen-bond acceptors (Lipinski definition) is 3. The van der Waals surface area contributed by atoms with Crippen LogP contribution >= 0.6 is 51.2 Å². The van der Waals surface area contributed by atoms with Gasteiger partial charge in [0.05, 0.1) is 17.2 Å². The molecule has 0 aliphatic rings. The SMILES string of the molecule is CCNC(=NCc1ccc(Br)cc1C)NCCc1csc(C)n1.I. The van der Waals surface area contributed by atoms with Crippen LogP contribution in [0.3, 0.4) is 0 Å². The normalized spacial score (nSPS) is 11.1. The number of aryl methyl sites for hydroxylation is 2. The van der Waals surface area contributed by atoms with Crippen LogP contribution in [-0.4, -0.2) is 24.0 Å². The van der Waals surface area contributed by atoms with Gasteiger partial charge >= 0.3 is 0 Å². The lowest BCUT2D eigenvalue weighted by Crippen LogP contribution is -2.38. The van der Waals surface area contributed by atoms with E-state index in [1.54, 1.807) is 11.3 Å². The fourth-order valence-corrected chi connectivity index (χ4v) is 3.30. The van der Waals surface area contributed by atoms with Crippen LogP contribution in [0.15, 0.2) is 33.0 Å². The molecule has 0 spiro atoms. The Balaban J connectivity index is 0.00000288. The summed E-state index contributed by atoms with van der Waals surface area (Å²) in [4.78, 5) is 9.15. The quantitative estimate of drug-likeness (QED) is 0.335. The van der Waals surface area contributed by atoms with Crippen molar-refractivity contribution in [3.05, 3.63) is 49.9 Å². The molecule has 1 aromatic heterocycles. The molecule has 2 rings (SSSR count). The summed E-state index contributed by atoms with van der Waals surface area (Å²) in [5, 5.41) is 9.90. The molecule has 1 aromatic carbocycles. The molecule has 2 aromatic rings. The van der Waals surface area contributed by atoms with Crippen molar-refractivity contribution >= 4 is 57.2 Å². The lowest BCUT2D eigenvalue weighted by molar-refractivity contribution is 0.789. The minimum Gasteiger partial charge on any atom is -0.357 e. The molecular weight excluding hydrogens is 499 g/mol. The second-order valence-corrected chi connectivity index (χ2v) is 7.28. The maximum Gasteiger partial charge on any atom is 0.191 e. The number of aromatic nitrogens is 1. The van der Waals surface area contributed by atoms with Crippen molar-refractivity contribution in [3.63, 3.8) is 0 Å². The number of hydrogen-bond donors (Lipinski definition) is 2. The molecule has 7 heteroatoms. The van der Waals surface area contributed by atoms with Crippen molar-refractivity contribution in [2.24, 2.45) is 4.99 Å². The van der Waals surface area contributed by atoms with Gasteiger partial charge in [-0.1, -0.05) is 22.0 Å². The Kier molecular flexibility index (Phi) is 9.84. The van der Waals surface area contributed by atoms with Crippen molar-refractivity contribution in [1.29, 1.82) is 0 Å². The Morgan fingerprint density at radius 3 is 2.71 bits per heavy atom. The highest BCUT2D eigenvalue weighted by molar-refractivity contribution is 14.0. The highest BCUT2D eigenvalue weighted by atomic mass is 127. The van der Waals surface area contributed by atoms with E-state index in [4.69, 9.17) is 0 Å². The molecular formula is C17H24BrIN4S. The Morgan fingerprint density at radius 1 is 1.29 bits per heavy atom. The Hall–Kier alpha value is -0.670. The highest BCUT2D eigenvalue weighted by Gasteiger charge is 2.02. The van der Waals surface area contributed by atoms with E-state index in [-0.39, 0.29) is 24.0 Å². The summed E-state index contributed by atoms with van der Waals surface area (Å²) in [6.45, 7) is 8.57. The molecule has 0 amide bonds. The third-order valence-corrected chi connectivity index (χ3v) is 4.71. The minimum atomic E-state index is 0. The molecule has 0 unspecified atom stereocenters. The van der Waals surface area contributed by atoms with E-state index in [0.717, 1.165) is 40.6 Å². The molecule has 0 aliphatic heterocycles. The lowest BCUT2D eigenvalue weighted by Gasteiger charge is -2.11. The second-order valence-electron chi connectivity index (χ2n) is 5.30. The molecule has 24 heavy (non-hydrogen) atoms. The van der Waals surface area contributed by atoms with Crippen molar-refractivity contribution in [2.75, 3.05) is 13.1 Å². The molecule has 2 N–H and O–H groups in total. The van der Waals surface area contributed by atoms with Crippen LogP contribution in [0.4, 0.5) is 0 Å². The predicted molar refractivity (Wildman–Crippen MR) is 118 cm³/mol. The molecule has 1 heterocycles. The predicted octanol–water partition coefficient (Wildman–Crippen LogP) is 4.44. The van der Waals surface area contributed by atoms with Crippen LogP contribution in [0.1, 0.15) is 28.8 Å². The van der Waals surface area contributed by atoms with E-state index in [9.17, 15) is 0 Å². The molecule has 0 saturated heterocycles. The van der Waals surface area contributed by atoms with Gasteiger partial charge in [-0.3, -0.25) is 0 Å². The van der Waals surface area contributed by atoms with Gasteiger partial charge in [-0.25, -0.2) is 9.98 Å². The van der Waals surface area contributed by atoms with Gasteiger partial charge in [0.25, 0.3) is 0 Å². The van der Waals surface area contributed by atoms with Crippen molar-refractivity contribution < 1.29 is 0 Å². The molecule has 0 aliphatic carbocycles. The first kappa shape index (κ1) is 21.4. The molecule has 0 radical (unpaired) electrons. The minimum absolute atomic E-state index is 0. The summed E-state index contributed by atoms with van der Waals surface area (Å²) in [6, 6.07) is 6.29. The Labute approximate surface area is 173 Å². The summed E-state index contributed by atoms with van der Waals surface area (Å²) in [7, 11) is 0. The monoisotopic (exact) mass is 522 g/mol. The fourth-order valence-electron chi connectivity index (χ4n) is 2.17. The number of nitrogens with one attached hydrogen (secondary N) is 2. The van der Waals surface area contributed by atoms with Gasteiger partial charge in [-0.15, -0.1) is 35.3 Å². The van der Waals surface area contributed by atoms with E-state index in [1.807, 2.05) is 6.92 Å². The van der Waals surface area contributed by atoms with Gasteiger partial charge in [-0.2, -0.15) is 0 Å². The summed E-state index contributed by atoms with van der Waals surface area (Å²) < 4.78 is 1.10. The molecule has 0 atom stereocenters. The van der Waals surface area contributed by atoms with Gasteiger partial charge in [-0.05, 0) is 44.0 Å². The first-order valence-corrected chi connectivity index (χ1v) is 9.44. The summed E-state index contributed by atoms with van der Waals surface area (Å²) in [6.07, 6.45) is 0.909. The van der Waals surface area contributed by atoms with E-state index < -0.39 is 0 Å². The highest BCUT2D eigenvalue weighted by Crippen LogP contribution is 2.16. The largest absolute Gasteiger partial charge is 0.357 e. The smallest absolute Gasteiger partial charge is 0.191 e. The third kappa shape index (κ3) is 7.06. The van der Waals surface area contributed by atoms with Crippen LogP contribution in [0.2, 0.25) is 0 Å². The molecule has 4 nitrogen and oxygen atoms in total. The van der Waals surface area contributed by atoms with Gasteiger partial charge < -0.3 is 10.6 Å². The summed E-state index contributed by atoms with van der Waals surface area (Å²) >= 11 is 5.19. The van der Waals surface area contributed by atoms with Crippen LogP contribution in [0.5, 0.6) is 0 Å².